The molecule has 0 fully saturated rings. The summed E-state index contributed by atoms with van der Waals surface area (Å²) < 4.78 is 6.09. The first-order valence-electron chi connectivity index (χ1n) is 7.88. The van der Waals surface area contributed by atoms with Crippen molar-refractivity contribution in [2.75, 3.05) is 19.0 Å². The molecule has 0 saturated carbocycles. The predicted molar refractivity (Wildman–Crippen MR) is 102 cm³/mol. The van der Waals surface area contributed by atoms with Crippen LogP contribution in [0.1, 0.15) is 35.8 Å². The quantitative estimate of drug-likeness (QED) is 0.685. The molecule has 5 nitrogen and oxygen atoms in total. The monoisotopic (exact) mass is 404 g/mol. The third-order valence-electron chi connectivity index (χ3n) is 3.82. The maximum atomic E-state index is 12.1. The Morgan fingerprint density at radius 3 is 2.40 bits per heavy atom. The molecule has 0 heterocycles. The van der Waals surface area contributed by atoms with Crippen molar-refractivity contribution >= 4 is 33.3 Å². The first kappa shape index (κ1) is 19.1. The molecule has 132 valence electrons. The molecule has 0 spiro atoms. The van der Waals surface area contributed by atoms with Crippen molar-refractivity contribution in [1.29, 1.82) is 0 Å². The van der Waals surface area contributed by atoms with E-state index >= 15 is 0 Å². The average molecular weight is 405 g/mol. The number of hydrogen-bond donors (Lipinski definition) is 2. The summed E-state index contributed by atoms with van der Waals surface area (Å²) in [6.45, 7) is 3.68. The highest BCUT2D eigenvalue weighted by atomic mass is 79.9. The van der Waals surface area contributed by atoms with E-state index in [1.807, 2.05) is 25.1 Å². The van der Waals surface area contributed by atoms with Crippen LogP contribution in [-0.4, -0.2) is 25.3 Å². The molecule has 0 bridgehead atoms. The molecule has 0 saturated heterocycles. The Bertz CT molecular complexity index is 760. The number of anilines is 1. The van der Waals surface area contributed by atoms with Gasteiger partial charge in [0.25, 0.3) is 0 Å². The van der Waals surface area contributed by atoms with E-state index < -0.39 is 0 Å². The molecule has 0 aliphatic rings. The Kier molecular flexibility index (Phi) is 6.73. The van der Waals surface area contributed by atoms with Crippen molar-refractivity contribution in [3.8, 4) is 5.75 Å². The summed E-state index contributed by atoms with van der Waals surface area (Å²) in [5.74, 6) is 0.622. The van der Waals surface area contributed by atoms with Crippen LogP contribution in [0.5, 0.6) is 5.75 Å². The molecular weight excluding hydrogens is 384 g/mol. The predicted octanol–water partition coefficient (Wildman–Crippen LogP) is 3.95. The molecule has 2 aromatic rings. The molecule has 0 aliphatic heterocycles. The van der Waals surface area contributed by atoms with Crippen molar-refractivity contribution in [2.45, 2.75) is 19.9 Å². The second-order valence-electron chi connectivity index (χ2n) is 5.68. The van der Waals surface area contributed by atoms with Crippen LogP contribution in [0.15, 0.2) is 46.9 Å². The molecule has 2 N–H and O–H groups in total. The zero-order valence-electron chi connectivity index (χ0n) is 14.4. The highest BCUT2D eigenvalue weighted by molar-refractivity contribution is 9.10. The summed E-state index contributed by atoms with van der Waals surface area (Å²) in [6, 6.07) is 12.7. The number of halogens is 1. The molecule has 0 aromatic heterocycles. The number of ether oxygens (including phenoxy) is 1. The number of nitrogens with one attached hydrogen (secondary N) is 2. The van der Waals surface area contributed by atoms with Crippen molar-refractivity contribution in [3.63, 3.8) is 0 Å². The number of ketones is 1. The van der Waals surface area contributed by atoms with E-state index in [0.717, 1.165) is 15.8 Å². The zero-order chi connectivity index (χ0) is 18.4. The summed E-state index contributed by atoms with van der Waals surface area (Å²) in [6.07, 6.45) is 0. The second-order valence-corrected chi connectivity index (χ2v) is 6.53. The Balaban J connectivity index is 1.88. The van der Waals surface area contributed by atoms with E-state index in [2.05, 4.69) is 26.6 Å². The second kappa shape index (κ2) is 8.78. The Labute approximate surface area is 155 Å². The van der Waals surface area contributed by atoms with Gasteiger partial charge in [-0.2, -0.15) is 0 Å². The third kappa shape index (κ3) is 5.41. The summed E-state index contributed by atoms with van der Waals surface area (Å²) in [5, 5.41) is 5.99. The van der Waals surface area contributed by atoms with Crippen LogP contribution in [0.2, 0.25) is 0 Å². The molecule has 25 heavy (non-hydrogen) atoms. The highest BCUT2D eigenvalue weighted by Gasteiger charge is 2.10. The Morgan fingerprint density at radius 1 is 1.16 bits per heavy atom. The van der Waals surface area contributed by atoms with Gasteiger partial charge in [0.2, 0.25) is 5.91 Å². The summed E-state index contributed by atoms with van der Waals surface area (Å²) in [4.78, 5) is 23.3. The number of methoxy groups -OCH3 is 1. The molecule has 0 radical (unpaired) electrons. The van der Waals surface area contributed by atoms with Gasteiger partial charge in [-0.25, -0.2) is 0 Å². The standard InChI is InChI=1S/C19H21BrN2O3/c1-12(15-6-9-18(25-3)17(20)10-15)21-11-19(24)22-16-7-4-14(5-8-16)13(2)23/h4-10,12,21H,11H2,1-3H3,(H,22,24)/t12-/m0/s1. The average Bonchev–Trinajstić information content (AvgIpc) is 2.60. The number of carbonyl (C=O) groups is 2. The molecule has 0 aliphatic carbocycles. The van der Waals surface area contributed by atoms with Crippen LogP contribution in [0, 0.1) is 0 Å². The van der Waals surface area contributed by atoms with Gasteiger partial charge in [-0.15, -0.1) is 0 Å². The minimum absolute atomic E-state index is 0.000907. The number of Topliss-reactive ketones (excluding diaryl/α,β-unsaturated/α-hetero) is 1. The highest BCUT2D eigenvalue weighted by Crippen LogP contribution is 2.27. The number of benzene rings is 2. The molecular formula is C19H21BrN2O3. The fourth-order valence-electron chi connectivity index (χ4n) is 2.31. The van der Waals surface area contributed by atoms with Crippen molar-refractivity contribution < 1.29 is 14.3 Å². The minimum Gasteiger partial charge on any atom is -0.496 e. The van der Waals surface area contributed by atoms with E-state index in [4.69, 9.17) is 4.74 Å². The van der Waals surface area contributed by atoms with Gasteiger partial charge in [0.15, 0.2) is 5.78 Å². The fraction of sp³-hybridized carbons (Fsp3) is 0.263. The lowest BCUT2D eigenvalue weighted by Crippen LogP contribution is -2.30. The zero-order valence-corrected chi connectivity index (χ0v) is 16.0. The van der Waals surface area contributed by atoms with Crippen LogP contribution < -0.4 is 15.4 Å². The van der Waals surface area contributed by atoms with Gasteiger partial charge in [0.05, 0.1) is 18.1 Å². The van der Waals surface area contributed by atoms with Crippen LogP contribution in [0.25, 0.3) is 0 Å². The SMILES string of the molecule is COc1ccc([C@H](C)NCC(=O)Nc2ccc(C(C)=O)cc2)cc1Br. The van der Waals surface area contributed by atoms with Crippen molar-refractivity contribution in [2.24, 2.45) is 0 Å². The lowest BCUT2D eigenvalue weighted by Gasteiger charge is -2.15. The van der Waals surface area contributed by atoms with E-state index in [-0.39, 0.29) is 24.3 Å². The first-order valence-corrected chi connectivity index (χ1v) is 8.67. The van der Waals surface area contributed by atoms with Crippen LogP contribution >= 0.6 is 15.9 Å². The number of carbonyl (C=O) groups excluding carboxylic acids is 2. The Hall–Kier alpha value is -2.18. The van der Waals surface area contributed by atoms with Gasteiger partial charge in [0, 0.05) is 17.3 Å². The summed E-state index contributed by atoms with van der Waals surface area (Å²) >= 11 is 3.46. The molecule has 1 amide bonds. The van der Waals surface area contributed by atoms with E-state index in [1.54, 1.807) is 31.4 Å². The van der Waals surface area contributed by atoms with Crippen LogP contribution in [0.4, 0.5) is 5.69 Å². The maximum Gasteiger partial charge on any atom is 0.238 e. The van der Waals surface area contributed by atoms with E-state index in [1.165, 1.54) is 6.92 Å². The summed E-state index contributed by atoms with van der Waals surface area (Å²) in [5.41, 5.74) is 2.33. The van der Waals surface area contributed by atoms with E-state index in [0.29, 0.717) is 11.3 Å². The third-order valence-corrected chi connectivity index (χ3v) is 4.44. The van der Waals surface area contributed by atoms with Crippen molar-refractivity contribution in [3.05, 3.63) is 58.1 Å². The van der Waals surface area contributed by atoms with Crippen LogP contribution in [-0.2, 0) is 4.79 Å². The number of hydrogen-bond acceptors (Lipinski definition) is 4. The largest absolute Gasteiger partial charge is 0.496 e. The molecule has 0 unspecified atom stereocenters. The topological polar surface area (TPSA) is 67.4 Å². The maximum absolute atomic E-state index is 12.1. The smallest absolute Gasteiger partial charge is 0.238 e. The van der Waals surface area contributed by atoms with Gasteiger partial charge in [0.1, 0.15) is 5.75 Å². The van der Waals surface area contributed by atoms with Crippen LogP contribution in [0.3, 0.4) is 0 Å². The normalized spacial score (nSPS) is 11.7. The van der Waals surface area contributed by atoms with Gasteiger partial charge in [-0.05, 0) is 71.7 Å². The number of rotatable bonds is 7. The Morgan fingerprint density at radius 2 is 1.84 bits per heavy atom. The van der Waals surface area contributed by atoms with Gasteiger partial charge in [-0.3, -0.25) is 9.59 Å². The van der Waals surface area contributed by atoms with Gasteiger partial charge >= 0.3 is 0 Å². The minimum atomic E-state index is -0.144. The lowest BCUT2D eigenvalue weighted by atomic mass is 10.1. The summed E-state index contributed by atoms with van der Waals surface area (Å²) in [7, 11) is 1.62. The lowest BCUT2D eigenvalue weighted by molar-refractivity contribution is -0.115. The fourth-order valence-corrected chi connectivity index (χ4v) is 2.87. The molecule has 2 aromatic carbocycles. The molecule has 6 heteroatoms. The number of amides is 1. The van der Waals surface area contributed by atoms with Gasteiger partial charge < -0.3 is 15.4 Å². The first-order chi connectivity index (χ1) is 11.9. The molecule has 2 rings (SSSR count). The van der Waals surface area contributed by atoms with Crippen molar-refractivity contribution in [1.82, 2.24) is 5.32 Å². The van der Waals surface area contributed by atoms with Gasteiger partial charge in [-0.1, -0.05) is 6.07 Å². The van der Waals surface area contributed by atoms with E-state index in [9.17, 15) is 9.59 Å². The molecule has 1 atom stereocenters.